The van der Waals surface area contributed by atoms with E-state index in [0.29, 0.717) is 12.8 Å². The highest BCUT2D eigenvalue weighted by molar-refractivity contribution is 7.47. The van der Waals surface area contributed by atoms with Crippen molar-refractivity contribution in [1.29, 1.82) is 0 Å². The van der Waals surface area contributed by atoms with Crippen LogP contribution in [0.3, 0.4) is 0 Å². The average molecular weight is 921 g/mol. The topological polar surface area (TPSA) is 210 Å². The Labute approximate surface area is 382 Å². The number of ether oxygens (including phenoxy) is 2. The maximum absolute atomic E-state index is 12.8. The molecule has 0 bridgehead atoms. The van der Waals surface area contributed by atoms with Gasteiger partial charge in [-0.05, 0) is 38.5 Å². The Morgan fingerprint density at radius 3 is 1.21 bits per heavy atom. The predicted octanol–water partition coefficient (Wildman–Crippen LogP) is 10.6. The molecule has 1 saturated carbocycles. The second-order valence-corrected chi connectivity index (χ2v) is 19.4. The fourth-order valence-electron chi connectivity index (χ4n) is 7.99. The van der Waals surface area contributed by atoms with Crippen LogP contribution in [0.25, 0.3) is 0 Å². The van der Waals surface area contributed by atoms with E-state index in [0.717, 1.165) is 51.4 Å². The predicted molar refractivity (Wildman–Crippen MR) is 249 cm³/mol. The molecule has 0 aromatic carbocycles. The van der Waals surface area contributed by atoms with Gasteiger partial charge in [-0.2, -0.15) is 0 Å². The lowest BCUT2D eigenvalue weighted by molar-refractivity contribution is -0.220. The van der Waals surface area contributed by atoms with Crippen molar-refractivity contribution < 1.29 is 63.1 Å². The van der Waals surface area contributed by atoms with E-state index in [9.17, 15) is 44.6 Å². The zero-order valence-corrected chi connectivity index (χ0v) is 40.5. The number of rotatable bonds is 43. The van der Waals surface area contributed by atoms with Crippen molar-refractivity contribution in [3.8, 4) is 0 Å². The largest absolute Gasteiger partial charge is 0.472 e. The molecule has 6 atom stereocenters. The molecule has 1 aliphatic carbocycles. The molecule has 14 heteroatoms. The van der Waals surface area contributed by atoms with Crippen LogP contribution in [-0.4, -0.2) is 98.3 Å². The second kappa shape index (κ2) is 39.7. The first-order valence-corrected chi connectivity index (χ1v) is 27.0. The van der Waals surface area contributed by atoms with Gasteiger partial charge >= 0.3 is 19.8 Å². The first-order chi connectivity index (χ1) is 30.4. The normalized spacial score (nSPS) is 21.7. The summed E-state index contributed by atoms with van der Waals surface area (Å²) in [6, 6.07) is 0. The van der Waals surface area contributed by atoms with Gasteiger partial charge in [0.1, 0.15) is 43.2 Å². The number of carbonyl (C=O) groups excluding carboxylic acids is 2. The molecule has 0 spiro atoms. The fraction of sp³-hybridized carbons (Fsp3) is 0.918. The number of aliphatic hydroxyl groups is 5. The maximum Gasteiger partial charge on any atom is 0.472 e. The summed E-state index contributed by atoms with van der Waals surface area (Å²) >= 11 is 0. The Kier molecular flexibility index (Phi) is 37.6. The highest BCUT2D eigenvalue weighted by Gasteiger charge is 2.51. The van der Waals surface area contributed by atoms with Gasteiger partial charge in [0, 0.05) is 12.8 Å². The van der Waals surface area contributed by atoms with Gasteiger partial charge in [-0.25, -0.2) is 4.57 Å². The number of phosphoric ester groups is 1. The van der Waals surface area contributed by atoms with Crippen LogP contribution in [-0.2, 0) is 32.7 Å². The quantitative estimate of drug-likeness (QED) is 0.0146. The van der Waals surface area contributed by atoms with Crippen molar-refractivity contribution in [3.63, 3.8) is 0 Å². The summed E-state index contributed by atoms with van der Waals surface area (Å²) in [5, 5.41) is 50.2. The number of allylic oxidation sites excluding steroid dienone is 2. The molecule has 6 unspecified atom stereocenters. The fourth-order valence-corrected chi connectivity index (χ4v) is 8.96. The molecule has 1 rings (SSSR count). The van der Waals surface area contributed by atoms with Crippen molar-refractivity contribution in [2.75, 3.05) is 13.2 Å². The molecule has 63 heavy (non-hydrogen) atoms. The molecular weight excluding hydrogens is 828 g/mol. The summed E-state index contributed by atoms with van der Waals surface area (Å²) in [6.45, 7) is 3.33. The van der Waals surface area contributed by atoms with E-state index in [1.54, 1.807) is 0 Å². The third-order valence-electron chi connectivity index (χ3n) is 12.1. The van der Waals surface area contributed by atoms with E-state index < -0.39 is 75.7 Å². The smallest absolute Gasteiger partial charge is 0.462 e. The number of aliphatic hydroxyl groups excluding tert-OH is 5. The summed E-state index contributed by atoms with van der Waals surface area (Å²) in [5.74, 6) is -1.09. The Balaban J connectivity index is 2.40. The van der Waals surface area contributed by atoms with E-state index >= 15 is 0 Å². The number of esters is 2. The summed E-state index contributed by atoms with van der Waals surface area (Å²) in [4.78, 5) is 35.8. The number of hydrogen-bond acceptors (Lipinski definition) is 12. The van der Waals surface area contributed by atoms with E-state index in [4.69, 9.17) is 18.5 Å². The summed E-state index contributed by atoms with van der Waals surface area (Å²) in [5.41, 5.74) is 0. The Morgan fingerprint density at radius 2 is 0.810 bits per heavy atom. The minimum atomic E-state index is -5.12. The highest BCUT2D eigenvalue weighted by atomic mass is 31.2. The molecule has 1 aliphatic rings. The lowest BCUT2D eigenvalue weighted by atomic mass is 9.85. The first kappa shape index (κ1) is 59.6. The Bertz CT molecular complexity index is 1160. The molecule has 13 nitrogen and oxygen atoms in total. The molecule has 0 aromatic heterocycles. The molecule has 372 valence electrons. The molecule has 0 radical (unpaired) electrons. The van der Waals surface area contributed by atoms with Crippen LogP contribution >= 0.6 is 7.82 Å². The molecule has 1 fully saturated rings. The number of unbranched alkanes of at least 4 members (excludes halogenated alkanes) is 29. The van der Waals surface area contributed by atoms with Gasteiger partial charge in [0.2, 0.25) is 0 Å². The average Bonchev–Trinajstić information content (AvgIpc) is 3.26. The maximum atomic E-state index is 12.8. The molecule has 0 saturated heterocycles. The lowest BCUT2D eigenvalue weighted by Gasteiger charge is -2.41. The van der Waals surface area contributed by atoms with Gasteiger partial charge in [-0.15, -0.1) is 0 Å². The molecule has 6 N–H and O–H groups in total. The third kappa shape index (κ3) is 32.0. The molecule has 0 heterocycles. The minimum Gasteiger partial charge on any atom is -0.462 e. The van der Waals surface area contributed by atoms with Crippen molar-refractivity contribution in [2.24, 2.45) is 0 Å². The number of carbonyl (C=O) groups is 2. The summed E-state index contributed by atoms with van der Waals surface area (Å²) < 4.78 is 33.6. The standard InChI is InChI=1S/C49H93O13P/c1-3-5-7-9-11-13-15-17-19-21-23-25-27-29-31-33-35-37-42(50)59-39-41(40-60-63(57,58)62-49-47(55)45(53)44(52)46(54)48(49)56)61-43(51)38-36-34-32-30-28-26-24-22-20-18-16-14-12-10-8-6-4-2/h18,20,41,44-49,52-56H,3-17,19,21-40H2,1-2H3,(H,57,58)/b20-18-. The molecule has 0 aliphatic heterocycles. The zero-order valence-electron chi connectivity index (χ0n) is 39.6. The van der Waals surface area contributed by atoms with Crippen molar-refractivity contribution in [3.05, 3.63) is 12.2 Å². The highest BCUT2D eigenvalue weighted by Crippen LogP contribution is 2.47. The van der Waals surface area contributed by atoms with Gasteiger partial charge in [0.25, 0.3) is 0 Å². The van der Waals surface area contributed by atoms with E-state index in [1.807, 2.05) is 0 Å². The van der Waals surface area contributed by atoms with Crippen LogP contribution in [0.4, 0.5) is 0 Å². The lowest BCUT2D eigenvalue weighted by Crippen LogP contribution is -2.64. The second-order valence-electron chi connectivity index (χ2n) is 18.0. The number of phosphoric acid groups is 1. The minimum absolute atomic E-state index is 0.0962. The van der Waals surface area contributed by atoms with Gasteiger partial charge < -0.3 is 39.9 Å². The van der Waals surface area contributed by atoms with Crippen molar-refractivity contribution in [1.82, 2.24) is 0 Å². The van der Waals surface area contributed by atoms with E-state index in [2.05, 4.69) is 26.0 Å². The van der Waals surface area contributed by atoms with Gasteiger partial charge in [-0.1, -0.05) is 193 Å². The van der Waals surface area contributed by atoms with Crippen molar-refractivity contribution >= 4 is 19.8 Å². The molecule has 0 amide bonds. The van der Waals surface area contributed by atoms with Gasteiger partial charge in [-0.3, -0.25) is 18.6 Å². The molecule has 0 aromatic rings. The van der Waals surface area contributed by atoms with Crippen LogP contribution in [0.15, 0.2) is 12.2 Å². The van der Waals surface area contributed by atoms with Gasteiger partial charge in [0.05, 0.1) is 6.61 Å². The summed E-state index contributed by atoms with van der Waals surface area (Å²) in [6.07, 6.45) is 29.7. The summed E-state index contributed by atoms with van der Waals surface area (Å²) in [7, 11) is -5.12. The molecular formula is C49H93O13P. The van der Waals surface area contributed by atoms with Crippen LogP contribution in [0.5, 0.6) is 0 Å². The van der Waals surface area contributed by atoms with Crippen LogP contribution in [0.1, 0.15) is 232 Å². The SMILES string of the molecule is CCCCCCCC/C=C\CCCCCCCCCC(=O)OC(COC(=O)CCCCCCCCCCCCCCCCCCC)COP(=O)(O)OC1C(O)C(O)C(O)C(O)C1O. The third-order valence-corrected chi connectivity index (χ3v) is 13.1. The Hall–Kier alpha value is -1.41. The number of hydrogen-bond donors (Lipinski definition) is 6. The van der Waals surface area contributed by atoms with Crippen LogP contribution in [0.2, 0.25) is 0 Å². The zero-order chi connectivity index (χ0) is 46.4. The van der Waals surface area contributed by atoms with E-state index in [-0.39, 0.29) is 12.8 Å². The van der Waals surface area contributed by atoms with Crippen LogP contribution < -0.4 is 0 Å². The van der Waals surface area contributed by atoms with Crippen molar-refractivity contribution in [2.45, 2.75) is 275 Å². The van der Waals surface area contributed by atoms with Gasteiger partial charge in [0.15, 0.2) is 6.10 Å². The van der Waals surface area contributed by atoms with E-state index in [1.165, 1.54) is 141 Å². The Morgan fingerprint density at radius 1 is 0.476 bits per heavy atom. The monoisotopic (exact) mass is 921 g/mol. The van der Waals surface area contributed by atoms with Crippen LogP contribution in [0, 0.1) is 0 Å². The first-order valence-electron chi connectivity index (χ1n) is 25.5.